The van der Waals surface area contributed by atoms with Crippen molar-refractivity contribution in [2.24, 2.45) is 0 Å². The lowest BCUT2D eigenvalue weighted by Crippen LogP contribution is -2.48. The van der Waals surface area contributed by atoms with Crippen molar-refractivity contribution in [3.63, 3.8) is 0 Å². The minimum absolute atomic E-state index is 0.0939. The predicted molar refractivity (Wildman–Crippen MR) is 129 cm³/mol. The molecule has 10 heteroatoms. The van der Waals surface area contributed by atoms with Crippen LogP contribution in [0.5, 0.6) is 0 Å². The van der Waals surface area contributed by atoms with Gasteiger partial charge in [-0.2, -0.15) is 13.2 Å². The zero-order valence-corrected chi connectivity index (χ0v) is 20.1. The highest BCUT2D eigenvalue weighted by Gasteiger charge is 2.31. The van der Waals surface area contributed by atoms with Gasteiger partial charge in [0.15, 0.2) is 0 Å². The Morgan fingerprint density at radius 1 is 1.00 bits per heavy atom. The molecule has 4 heterocycles. The van der Waals surface area contributed by atoms with Gasteiger partial charge in [0.2, 0.25) is 5.91 Å². The quantitative estimate of drug-likeness (QED) is 0.639. The van der Waals surface area contributed by atoms with Gasteiger partial charge in [-0.1, -0.05) is 13.0 Å². The first-order valence-electron chi connectivity index (χ1n) is 12.3. The standard InChI is InChI=1S/C25H33F3N6O/c1-2-19-3-6-23(30-17-19)33-15-13-32(14-16-33)10-9-24(35)34-11-7-21(8-12-34)31-22-5-4-20(18-29-22)25(26,27)28/h3-6,17-18,21H,2,7-16H2,1H3,(H,29,31). The van der Waals surface area contributed by atoms with Gasteiger partial charge in [-0.3, -0.25) is 9.69 Å². The molecule has 0 spiro atoms. The Hall–Kier alpha value is -2.88. The van der Waals surface area contributed by atoms with Crippen LogP contribution < -0.4 is 10.2 Å². The first kappa shape index (κ1) is 25.2. The summed E-state index contributed by atoms with van der Waals surface area (Å²) in [6.45, 7) is 7.80. The Balaban J connectivity index is 1.14. The maximum Gasteiger partial charge on any atom is 0.417 e. The fraction of sp³-hybridized carbons (Fsp3) is 0.560. The molecule has 2 aromatic heterocycles. The van der Waals surface area contributed by atoms with E-state index in [1.807, 2.05) is 11.1 Å². The van der Waals surface area contributed by atoms with E-state index in [4.69, 9.17) is 0 Å². The number of likely N-dealkylation sites (tertiary alicyclic amines) is 1. The number of anilines is 2. The van der Waals surface area contributed by atoms with E-state index in [1.54, 1.807) is 0 Å². The number of piperidine rings is 1. The lowest BCUT2D eigenvalue weighted by molar-refractivity contribution is -0.137. The number of amides is 1. The van der Waals surface area contributed by atoms with Crippen LogP contribution in [-0.2, 0) is 17.4 Å². The third-order valence-electron chi connectivity index (χ3n) is 6.85. The molecular formula is C25H33F3N6O. The largest absolute Gasteiger partial charge is 0.417 e. The Bertz CT molecular complexity index is 951. The molecule has 0 bridgehead atoms. The Morgan fingerprint density at radius 3 is 2.31 bits per heavy atom. The number of hydrogen-bond acceptors (Lipinski definition) is 6. The van der Waals surface area contributed by atoms with E-state index < -0.39 is 11.7 Å². The van der Waals surface area contributed by atoms with E-state index >= 15 is 0 Å². The van der Waals surface area contributed by atoms with Crippen molar-refractivity contribution in [1.82, 2.24) is 19.8 Å². The molecule has 0 aromatic carbocycles. The van der Waals surface area contributed by atoms with Crippen LogP contribution in [0.2, 0.25) is 0 Å². The van der Waals surface area contributed by atoms with E-state index in [1.165, 1.54) is 11.6 Å². The van der Waals surface area contributed by atoms with Crippen LogP contribution in [-0.4, -0.2) is 77.5 Å². The molecule has 2 aliphatic heterocycles. The van der Waals surface area contributed by atoms with Crippen LogP contribution in [0, 0.1) is 0 Å². The molecular weight excluding hydrogens is 457 g/mol. The number of aromatic nitrogens is 2. The van der Waals surface area contributed by atoms with Crippen molar-refractivity contribution < 1.29 is 18.0 Å². The predicted octanol–water partition coefficient (Wildman–Crippen LogP) is 3.67. The van der Waals surface area contributed by atoms with Crippen molar-refractivity contribution in [1.29, 1.82) is 0 Å². The van der Waals surface area contributed by atoms with Gasteiger partial charge in [0, 0.05) is 70.7 Å². The van der Waals surface area contributed by atoms with Gasteiger partial charge >= 0.3 is 6.18 Å². The van der Waals surface area contributed by atoms with E-state index in [0.717, 1.165) is 70.1 Å². The van der Waals surface area contributed by atoms with Gasteiger partial charge in [-0.15, -0.1) is 0 Å². The lowest BCUT2D eigenvalue weighted by Gasteiger charge is -2.36. The normalized spacial score (nSPS) is 18.1. The zero-order valence-electron chi connectivity index (χ0n) is 20.1. The molecule has 7 nitrogen and oxygen atoms in total. The number of nitrogens with one attached hydrogen (secondary N) is 1. The number of hydrogen-bond donors (Lipinski definition) is 1. The smallest absolute Gasteiger partial charge is 0.367 e. The highest BCUT2D eigenvalue weighted by atomic mass is 19.4. The number of carbonyl (C=O) groups is 1. The number of alkyl halides is 3. The van der Waals surface area contributed by atoms with E-state index in [-0.39, 0.29) is 11.9 Å². The number of pyridine rings is 2. The number of aryl methyl sites for hydroxylation is 1. The third kappa shape index (κ3) is 6.84. The number of rotatable bonds is 7. The molecule has 1 amide bonds. The van der Waals surface area contributed by atoms with Gasteiger partial charge in [0.1, 0.15) is 11.6 Å². The van der Waals surface area contributed by atoms with E-state index in [2.05, 4.69) is 44.1 Å². The first-order valence-corrected chi connectivity index (χ1v) is 12.3. The fourth-order valence-electron chi connectivity index (χ4n) is 4.55. The van der Waals surface area contributed by atoms with Crippen LogP contribution in [0.1, 0.15) is 37.3 Å². The summed E-state index contributed by atoms with van der Waals surface area (Å²) in [5.41, 5.74) is 0.481. The van der Waals surface area contributed by atoms with Crippen molar-refractivity contribution in [3.8, 4) is 0 Å². The van der Waals surface area contributed by atoms with Crippen LogP contribution in [0.25, 0.3) is 0 Å². The van der Waals surface area contributed by atoms with Crippen LogP contribution in [0.15, 0.2) is 36.7 Å². The molecule has 2 aliphatic rings. The van der Waals surface area contributed by atoms with Crippen molar-refractivity contribution in [3.05, 3.63) is 47.8 Å². The van der Waals surface area contributed by atoms with Gasteiger partial charge in [-0.05, 0) is 43.0 Å². The Morgan fingerprint density at radius 2 is 1.74 bits per heavy atom. The second-order valence-corrected chi connectivity index (χ2v) is 9.19. The Labute approximate surface area is 204 Å². The molecule has 35 heavy (non-hydrogen) atoms. The molecule has 0 aliphatic carbocycles. The number of halogens is 3. The summed E-state index contributed by atoms with van der Waals surface area (Å²) >= 11 is 0. The zero-order chi connectivity index (χ0) is 24.8. The molecule has 1 N–H and O–H groups in total. The van der Waals surface area contributed by atoms with Crippen LogP contribution >= 0.6 is 0 Å². The highest BCUT2D eigenvalue weighted by molar-refractivity contribution is 5.76. The highest BCUT2D eigenvalue weighted by Crippen LogP contribution is 2.29. The molecule has 0 saturated carbocycles. The summed E-state index contributed by atoms with van der Waals surface area (Å²) < 4.78 is 38.1. The van der Waals surface area contributed by atoms with Gasteiger partial charge in [0.05, 0.1) is 5.56 Å². The van der Waals surface area contributed by atoms with E-state index in [0.29, 0.717) is 25.3 Å². The Kier molecular flexibility index (Phi) is 8.10. The van der Waals surface area contributed by atoms with E-state index in [9.17, 15) is 18.0 Å². The molecule has 2 saturated heterocycles. The van der Waals surface area contributed by atoms with Crippen molar-refractivity contribution in [2.45, 2.75) is 44.8 Å². The first-order chi connectivity index (χ1) is 16.8. The van der Waals surface area contributed by atoms with Gasteiger partial charge in [-0.25, -0.2) is 9.97 Å². The van der Waals surface area contributed by atoms with Crippen LogP contribution in [0.4, 0.5) is 24.8 Å². The summed E-state index contributed by atoms with van der Waals surface area (Å²) in [5.74, 6) is 1.61. The maximum atomic E-state index is 12.7. The topological polar surface area (TPSA) is 64.6 Å². The molecule has 0 radical (unpaired) electrons. The summed E-state index contributed by atoms with van der Waals surface area (Å²) in [6, 6.07) is 6.70. The average molecular weight is 491 g/mol. The molecule has 4 rings (SSSR count). The van der Waals surface area contributed by atoms with Gasteiger partial charge in [0.25, 0.3) is 0 Å². The molecule has 190 valence electrons. The minimum Gasteiger partial charge on any atom is -0.367 e. The number of nitrogens with zero attached hydrogens (tertiary/aromatic N) is 5. The molecule has 0 atom stereocenters. The molecule has 2 aromatic rings. The van der Waals surface area contributed by atoms with Crippen molar-refractivity contribution in [2.75, 3.05) is 56.0 Å². The summed E-state index contributed by atoms with van der Waals surface area (Å²) in [5, 5.41) is 3.19. The molecule has 0 unspecified atom stereocenters. The summed E-state index contributed by atoms with van der Waals surface area (Å²) in [7, 11) is 0. The SMILES string of the molecule is CCc1ccc(N2CCN(CCC(=O)N3CCC(Nc4ccc(C(F)(F)F)cn4)CC3)CC2)nc1. The van der Waals surface area contributed by atoms with Crippen molar-refractivity contribution >= 4 is 17.5 Å². The second kappa shape index (κ2) is 11.2. The summed E-state index contributed by atoms with van der Waals surface area (Å²) in [6.07, 6.45) is 1.39. The third-order valence-corrected chi connectivity index (χ3v) is 6.85. The number of carbonyl (C=O) groups excluding carboxylic acids is 1. The minimum atomic E-state index is -4.39. The number of piperazine rings is 1. The lowest BCUT2D eigenvalue weighted by atomic mass is 10.0. The van der Waals surface area contributed by atoms with Gasteiger partial charge < -0.3 is 15.1 Å². The second-order valence-electron chi connectivity index (χ2n) is 9.19. The molecule has 2 fully saturated rings. The van der Waals surface area contributed by atoms with Crippen LogP contribution in [0.3, 0.4) is 0 Å². The average Bonchev–Trinajstić information content (AvgIpc) is 2.88. The summed E-state index contributed by atoms with van der Waals surface area (Å²) in [4.78, 5) is 27.7. The fourth-order valence-corrected chi connectivity index (χ4v) is 4.55. The maximum absolute atomic E-state index is 12.7. The monoisotopic (exact) mass is 490 g/mol.